The zero-order valence-electron chi connectivity index (χ0n) is 21.5. The van der Waals surface area contributed by atoms with Crippen LogP contribution in [-0.2, 0) is 14.3 Å². The molecule has 1 aliphatic heterocycles. The number of nitro groups is 1. The van der Waals surface area contributed by atoms with E-state index in [1.165, 1.54) is 74.1 Å². The fraction of sp³-hybridized carbons (Fsp3) is 0.615. The summed E-state index contributed by atoms with van der Waals surface area (Å²) >= 11 is 5.32. The number of piperazine rings is 1. The average molecular weight is 535 g/mol. The first-order valence-corrected chi connectivity index (χ1v) is 13.5. The van der Waals surface area contributed by atoms with Crippen molar-refractivity contribution in [3.63, 3.8) is 0 Å². The number of nitrogens with zero attached hydrogens (tertiary/aromatic N) is 2. The minimum absolute atomic E-state index is 0.0782. The molecule has 204 valence electrons. The highest BCUT2D eigenvalue weighted by Gasteiger charge is 2.34. The summed E-state index contributed by atoms with van der Waals surface area (Å²) in [6.07, 6.45) is 11.5. The number of nitro benzene ring substituents is 1. The Balaban J connectivity index is 1.77. The van der Waals surface area contributed by atoms with Crippen molar-refractivity contribution in [1.82, 2.24) is 15.5 Å². The van der Waals surface area contributed by atoms with Crippen molar-refractivity contribution in [2.24, 2.45) is 0 Å². The van der Waals surface area contributed by atoms with Crippen LogP contribution in [0.3, 0.4) is 0 Å². The highest BCUT2D eigenvalue weighted by molar-refractivity contribution is 7.80. The van der Waals surface area contributed by atoms with Gasteiger partial charge in [0.05, 0.1) is 18.0 Å². The van der Waals surface area contributed by atoms with E-state index in [0.29, 0.717) is 6.61 Å². The van der Waals surface area contributed by atoms with Crippen LogP contribution < -0.4 is 10.6 Å². The molecule has 11 heteroatoms. The zero-order valence-corrected chi connectivity index (χ0v) is 22.4. The molecular formula is C26H38N4O6S. The van der Waals surface area contributed by atoms with Crippen LogP contribution >= 0.6 is 12.2 Å². The lowest BCUT2D eigenvalue weighted by Gasteiger charge is -2.36. The van der Waals surface area contributed by atoms with Gasteiger partial charge in [-0.2, -0.15) is 0 Å². The Morgan fingerprint density at radius 1 is 1.11 bits per heavy atom. The quantitative estimate of drug-likeness (QED) is 0.112. The minimum Gasteiger partial charge on any atom is -0.466 e. The maximum Gasteiger partial charge on any atom is 0.308 e. The molecular weight excluding hydrogens is 496 g/mol. The van der Waals surface area contributed by atoms with E-state index in [9.17, 15) is 24.5 Å². The molecule has 1 heterocycles. The van der Waals surface area contributed by atoms with E-state index in [4.69, 9.17) is 17.0 Å². The molecule has 1 atom stereocenters. The van der Waals surface area contributed by atoms with Crippen LogP contribution in [0.15, 0.2) is 24.3 Å². The minimum atomic E-state index is -0.937. The number of para-hydroxylation sites is 1. The lowest BCUT2D eigenvalue weighted by molar-refractivity contribution is -0.385. The number of hydrogen-bond donors (Lipinski definition) is 2. The standard InChI is InChI=1S/C26H38N4O6S/c1-2-3-4-5-6-7-8-9-10-13-18-36-23(31)19-22-25(33)27-16-17-29(22)26(37)28-24(32)20-14-11-12-15-21(20)30(34)35/h11-12,14-15,22H,2-10,13,16-19H2,1H3,(H,27,33)(H,28,32,37). The zero-order chi connectivity index (χ0) is 27.0. The van der Waals surface area contributed by atoms with Gasteiger partial charge in [0.25, 0.3) is 11.6 Å². The molecule has 0 radical (unpaired) electrons. The van der Waals surface area contributed by atoms with Crippen LogP contribution in [0.25, 0.3) is 0 Å². The topological polar surface area (TPSA) is 131 Å². The molecule has 0 aliphatic carbocycles. The number of carbonyl (C=O) groups is 3. The number of esters is 1. The number of unbranched alkanes of at least 4 members (excludes halogenated alkanes) is 9. The normalized spacial score (nSPS) is 15.1. The molecule has 2 rings (SSSR count). The third kappa shape index (κ3) is 10.4. The molecule has 0 aromatic heterocycles. The first kappa shape index (κ1) is 30.1. The SMILES string of the molecule is CCCCCCCCCCCCOC(=O)CC1C(=O)NCCN1C(=S)NC(=O)c1ccccc1[N+](=O)[O-]. The fourth-order valence-electron chi connectivity index (χ4n) is 4.21. The van der Waals surface area contributed by atoms with Crippen LogP contribution in [0.5, 0.6) is 0 Å². The van der Waals surface area contributed by atoms with Crippen LogP contribution in [0, 0.1) is 10.1 Å². The third-order valence-corrected chi connectivity index (χ3v) is 6.62. The van der Waals surface area contributed by atoms with Crippen molar-refractivity contribution in [1.29, 1.82) is 0 Å². The number of thiocarbonyl (C=S) groups is 1. The molecule has 37 heavy (non-hydrogen) atoms. The van der Waals surface area contributed by atoms with Gasteiger partial charge >= 0.3 is 5.97 Å². The maximum atomic E-state index is 12.6. The van der Waals surface area contributed by atoms with Crippen molar-refractivity contribution >= 4 is 40.8 Å². The van der Waals surface area contributed by atoms with Crippen LogP contribution in [0.4, 0.5) is 5.69 Å². The first-order valence-electron chi connectivity index (χ1n) is 13.1. The second kappa shape index (κ2) is 16.6. The van der Waals surface area contributed by atoms with Crippen molar-refractivity contribution in [3.8, 4) is 0 Å². The predicted octanol–water partition coefficient (Wildman–Crippen LogP) is 4.26. The molecule has 10 nitrogen and oxygen atoms in total. The average Bonchev–Trinajstić information content (AvgIpc) is 2.88. The Bertz CT molecular complexity index is 941. The van der Waals surface area contributed by atoms with Gasteiger partial charge in [0, 0.05) is 19.2 Å². The molecule has 0 saturated carbocycles. The number of benzene rings is 1. The highest BCUT2D eigenvalue weighted by Crippen LogP contribution is 2.18. The number of nitrogens with one attached hydrogen (secondary N) is 2. The predicted molar refractivity (Wildman–Crippen MR) is 144 cm³/mol. The number of carbonyl (C=O) groups excluding carboxylic acids is 3. The molecule has 1 aromatic rings. The molecule has 1 aromatic carbocycles. The molecule has 2 N–H and O–H groups in total. The highest BCUT2D eigenvalue weighted by atomic mass is 32.1. The van der Waals surface area contributed by atoms with E-state index in [-0.39, 0.29) is 35.9 Å². The summed E-state index contributed by atoms with van der Waals surface area (Å²) in [7, 11) is 0. The molecule has 1 saturated heterocycles. The largest absolute Gasteiger partial charge is 0.466 e. The molecule has 1 fully saturated rings. The van der Waals surface area contributed by atoms with Gasteiger partial charge in [0.1, 0.15) is 11.6 Å². The van der Waals surface area contributed by atoms with Crippen LogP contribution in [0.1, 0.15) is 87.9 Å². The van der Waals surface area contributed by atoms with Gasteiger partial charge in [-0.25, -0.2) is 0 Å². The van der Waals surface area contributed by atoms with E-state index >= 15 is 0 Å². The van der Waals surface area contributed by atoms with Crippen molar-refractivity contribution in [3.05, 3.63) is 39.9 Å². The summed E-state index contributed by atoms with van der Waals surface area (Å²) in [5, 5.41) is 16.3. The Labute approximate surface area is 223 Å². The van der Waals surface area contributed by atoms with E-state index in [2.05, 4.69) is 17.6 Å². The molecule has 1 aliphatic rings. The van der Waals surface area contributed by atoms with Crippen LogP contribution in [-0.4, -0.2) is 58.5 Å². The summed E-state index contributed by atoms with van der Waals surface area (Å²) in [4.78, 5) is 49.6. The second-order valence-electron chi connectivity index (χ2n) is 9.14. The van der Waals surface area contributed by atoms with E-state index in [1.54, 1.807) is 0 Å². The lowest BCUT2D eigenvalue weighted by Crippen LogP contribution is -2.60. The Hall–Kier alpha value is -3.08. The number of amides is 2. The van der Waals surface area contributed by atoms with E-state index < -0.39 is 28.7 Å². The first-order chi connectivity index (χ1) is 17.8. The number of ether oxygens (including phenoxy) is 1. The second-order valence-corrected chi connectivity index (χ2v) is 9.53. The summed E-state index contributed by atoms with van der Waals surface area (Å²) in [6.45, 7) is 3.07. The molecule has 0 spiro atoms. The summed E-state index contributed by atoms with van der Waals surface area (Å²) in [5.74, 6) is -1.68. The number of hydrogen-bond acceptors (Lipinski definition) is 7. The monoisotopic (exact) mass is 534 g/mol. The summed E-state index contributed by atoms with van der Waals surface area (Å²) in [6, 6.07) is 4.57. The van der Waals surface area contributed by atoms with Gasteiger partial charge in [-0.15, -0.1) is 0 Å². The van der Waals surface area contributed by atoms with Crippen molar-refractivity contribution in [2.75, 3.05) is 19.7 Å². The Kier molecular flexibility index (Phi) is 13.5. The van der Waals surface area contributed by atoms with Crippen molar-refractivity contribution in [2.45, 2.75) is 83.6 Å². The molecule has 0 bridgehead atoms. The number of rotatable bonds is 15. The van der Waals surface area contributed by atoms with Gasteiger partial charge in [-0.1, -0.05) is 76.8 Å². The summed E-state index contributed by atoms with van der Waals surface area (Å²) < 4.78 is 5.33. The van der Waals surface area contributed by atoms with Crippen molar-refractivity contribution < 1.29 is 24.0 Å². The van der Waals surface area contributed by atoms with Crippen LogP contribution in [0.2, 0.25) is 0 Å². The summed E-state index contributed by atoms with van der Waals surface area (Å²) in [5.41, 5.74) is -0.505. The van der Waals surface area contributed by atoms with Gasteiger partial charge in [0.15, 0.2) is 5.11 Å². The molecule has 1 unspecified atom stereocenters. The lowest BCUT2D eigenvalue weighted by atomic mass is 10.1. The van der Waals surface area contributed by atoms with Gasteiger partial charge in [-0.3, -0.25) is 29.8 Å². The van der Waals surface area contributed by atoms with E-state index in [0.717, 1.165) is 19.3 Å². The Morgan fingerprint density at radius 2 is 1.73 bits per heavy atom. The Morgan fingerprint density at radius 3 is 2.38 bits per heavy atom. The van der Waals surface area contributed by atoms with E-state index in [1.807, 2.05) is 0 Å². The van der Waals surface area contributed by atoms with Gasteiger partial charge < -0.3 is 15.0 Å². The van der Waals surface area contributed by atoms with Gasteiger partial charge in [0.2, 0.25) is 5.91 Å². The fourth-order valence-corrected chi connectivity index (χ4v) is 4.53. The third-order valence-electron chi connectivity index (χ3n) is 6.28. The smallest absolute Gasteiger partial charge is 0.308 e. The van der Waals surface area contributed by atoms with Gasteiger partial charge in [-0.05, 0) is 24.7 Å². The maximum absolute atomic E-state index is 12.6. The molecule has 2 amide bonds.